The maximum Gasteiger partial charge on any atom is 0.199 e. The molecule has 1 fully saturated rings. The Hall–Kier alpha value is -0.880. The van der Waals surface area contributed by atoms with Gasteiger partial charge in [-0.2, -0.15) is 4.99 Å². The smallest absolute Gasteiger partial charge is 0.199 e. The molecule has 1 aliphatic heterocycles. The van der Waals surface area contributed by atoms with Gasteiger partial charge in [-0.15, -0.1) is 9.24 Å². The zero-order valence-electron chi connectivity index (χ0n) is 13.9. The van der Waals surface area contributed by atoms with E-state index in [0.717, 1.165) is 36.4 Å². The third-order valence-electron chi connectivity index (χ3n) is 3.76. The van der Waals surface area contributed by atoms with Gasteiger partial charge in [0.15, 0.2) is 10.3 Å². The number of aliphatic imine (C=N–C) groups is 1. The van der Waals surface area contributed by atoms with Gasteiger partial charge in [0.2, 0.25) is 0 Å². The Labute approximate surface area is 156 Å². The van der Waals surface area contributed by atoms with Crippen LogP contribution in [0.2, 0.25) is 0 Å². The summed E-state index contributed by atoms with van der Waals surface area (Å²) in [5, 5.41) is 3.88. The summed E-state index contributed by atoms with van der Waals surface area (Å²) in [6.45, 7) is 5.45. The zero-order valence-corrected chi connectivity index (χ0v) is 16.7. The number of amidine groups is 1. The van der Waals surface area contributed by atoms with Crippen molar-refractivity contribution in [2.24, 2.45) is 10.7 Å². The third kappa shape index (κ3) is 6.55. The van der Waals surface area contributed by atoms with Crippen molar-refractivity contribution in [3.63, 3.8) is 0 Å². The summed E-state index contributed by atoms with van der Waals surface area (Å²) in [4.78, 5) is 6.55. The fourth-order valence-electron chi connectivity index (χ4n) is 2.57. The van der Waals surface area contributed by atoms with Crippen LogP contribution in [0.25, 0.3) is 0 Å². The molecule has 0 aliphatic carbocycles. The normalized spacial score (nSPS) is 19.1. The largest absolute Gasteiger partial charge is 0.489 e. The van der Waals surface area contributed by atoms with Gasteiger partial charge in [-0.3, -0.25) is 4.90 Å². The Morgan fingerprint density at radius 2 is 2.25 bits per heavy atom. The first kappa shape index (κ1) is 19.4. The Morgan fingerprint density at radius 1 is 1.50 bits per heavy atom. The molecule has 2 atom stereocenters. The van der Waals surface area contributed by atoms with E-state index in [0.29, 0.717) is 10.3 Å². The van der Waals surface area contributed by atoms with E-state index < -0.39 is 0 Å². The van der Waals surface area contributed by atoms with Crippen LogP contribution in [-0.2, 0) is 0 Å². The Balaban J connectivity index is 1.86. The maximum absolute atomic E-state index is 6.09. The minimum absolute atomic E-state index is 0.270. The van der Waals surface area contributed by atoms with Gasteiger partial charge >= 0.3 is 0 Å². The summed E-state index contributed by atoms with van der Waals surface area (Å²) >= 11 is 6.61. The molecule has 8 heteroatoms. The van der Waals surface area contributed by atoms with Crippen LogP contribution in [0.3, 0.4) is 0 Å². The van der Waals surface area contributed by atoms with E-state index in [1.54, 1.807) is 0 Å². The van der Waals surface area contributed by atoms with Gasteiger partial charge in [0.25, 0.3) is 0 Å². The van der Waals surface area contributed by atoms with Crippen LogP contribution < -0.4 is 15.8 Å². The third-order valence-corrected chi connectivity index (χ3v) is 5.01. The van der Waals surface area contributed by atoms with E-state index >= 15 is 0 Å². The lowest BCUT2D eigenvalue weighted by atomic mass is 10.1. The van der Waals surface area contributed by atoms with Gasteiger partial charge in [-0.25, -0.2) is 0 Å². The summed E-state index contributed by atoms with van der Waals surface area (Å²) in [7, 11) is 2.58. The van der Waals surface area contributed by atoms with E-state index in [4.69, 9.17) is 22.7 Å². The number of anilines is 1. The van der Waals surface area contributed by atoms with Gasteiger partial charge < -0.3 is 15.8 Å². The average molecular weight is 385 g/mol. The van der Waals surface area contributed by atoms with Crippen molar-refractivity contribution in [1.82, 2.24) is 4.90 Å². The second kappa shape index (κ2) is 10.2. The molecule has 1 aromatic rings. The lowest BCUT2D eigenvalue weighted by molar-refractivity contribution is 0.0920. The minimum Gasteiger partial charge on any atom is -0.489 e. The molecule has 3 N–H and O–H groups in total. The van der Waals surface area contributed by atoms with E-state index in [1.807, 2.05) is 24.3 Å². The van der Waals surface area contributed by atoms with E-state index in [-0.39, 0.29) is 6.10 Å². The summed E-state index contributed by atoms with van der Waals surface area (Å²) in [6.07, 6.45) is 2.58. The monoisotopic (exact) mass is 384 g/mol. The van der Waals surface area contributed by atoms with Crippen molar-refractivity contribution >= 4 is 49.2 Å². The van der Waals surface area contributed by atoms with Crippen molar-refractivity contribution in [2.75, 3.05) is 30.4 Å². The molecule has 1 aliphatic rings. The molecule has 132 valence electrons. The second-order valence-corrected chi connectivity index (χ2v) is 7.92. The van der Waals surface area contributed by atoms with Crippen molar-refractivity contribution in [2.45, 2.75) is 25.9 Å². The summed E-state index contributed by atoms with van der Waals surface area (Å²) in [5.41, 5.74) is 7.40. The SMILES string of the molecule is CCN1CCCC(Oc2ccc(NC(=S)N=C(N)SCP)cc2)C1. The Kier molecular flexibility index (Phi) is 8.25. The van der Waals surface area contributed by atoms with Crippen molar-refractivity contribution in [3.05, 3.63) is 24.3 Å². The summed E-state index contributed by atoms with van der Waals surface area (Å²) in [6, 6.07) is 7.80. The standard InChI is InChI=1S/C16H25N4OPS2/c1-2-20-9-3-4-14(10-20)21-13-7-5-12(6-8-13)18-16(23)19-15(17)24-11-22/h5-8,14H,2-4,9-11,22H2,1H3,(H3,17,18,19,23). The van der Waals surface area contributed by atoms with Crippen molar-refractivity contribution in [3.8, 4) is 5.75 Å². The number of nitrogens with two attached hydrogens (primary N) is 1. The molecule has 0 amide bonds. The van der Waals surface area contributed by atoms with Gasteiger partial charge in [-0.1, -0.05) is 18.7 Å². The number of rotatable bonds is 5. The molecular formula is C16H25N4OPS2. The number of ether oxygens (including phenoxy) is 1. The molecule has 5 nitrogen and oxygen atoms in total. The molecule has 0 saturated carbocycles. The van der Waals surface area contributed by atoms with Crippen LogP contribution in [-0.4, -0.2) is 46.4 Å². The van der Waals surface area contributed by atoms with E-state index in [9.17, 15) is 0 Å². The van der Waals surface area contributed by atoms with Gasteiger partial charge in [-0.05, 0) is 62.4 Å². The molecule has 0 spiro atoms. The van der Waals surface area contributed by atoms with E-state index in [2.05, 4.69) is 31.4 Å². The topological polar surface area (TPSA) is 62.9 Å². The molecule has 1 heterocycles. The van der Waals surface area contributed by atoms with Crippen molar-refractivity contribution in [1.29, 1.82) is 0 Å². The fourth-order valence-corrected chi connectivity index (χ4v) is 3.69. The molecule has 1 aromatic carbocycles. The highest BCUT2D eigenvalue weighted by molar-refractivity contribution is 8.16. The van der Waals surface area contributed by atoms with Gasteiger partial charge in [0.1, 0.15) is 11.9 Å². The lowest BCUT2D eigenvalue weighted by Crippen LogP contribution is -2.40. The zero-order chi connectivity index (χ0) is 17.4. The van der Waals surface area contributed by atoms with Crippen LogP contribution in [0.5, 0.6) is 5.75 Å². The number of likely N-dealkylation sites (tertiary alicyclic amines) is 1. The number of benzene rings is 1. The van der Waals surface area contributed by atoms with Crippen LogP contribution >= 0.6 is 33.2 Å². The maximum atomic E-state index is 6.09. The van der Waals surface area contributed by atoms with Crippen LogP contribution in [0, 0.1) is 0 Å². The molecule has 0 radical (unpaired) electrons. The van der Waals surface area contributed by atoms with Crippen LogP contribution in [0.1, 0.15) is 19.8 Å². The van der Waals surface area contributed by atoms with E-state index in [1.165, 1.54) is 24.7 Å². The Morgan fingerprint density at radius 3 is 2.92 bits per heavy atom. The van der Waals surface area contributed by atoms with Gasteiger partial charge in [0, 0.05) is 17.7 Å². The molecule has 2 rings (SSSR count). The number of thiocarbonyl (C=S) groups is 1. The molecule has 1 saturated heterocycles. The quantitative estimate of drug-likeness (QED) is 0.352. The Bertz CT molecular complexity index is 568. The van der Waals surface area contributed by atoms with Gasteiger partial charge in [0.05, 0.1) is 0 Å². The first-order valence-electron chi connectivity index (χ1n) is 8.07. The predicted octanol–water partition coefficient (Wildman–Crippen LogP) is 3.13. The fraction of sp³-hybridized carbons (Fsp3) is 0.500. The highest BCUT2D eigenvalue weighted by Gasteiger charge is 2.19. The van der Waals surface area contributed by atoms with Crippen LogP contribution in [0.4, 0.5) is 5.69 Å². The van der Waals surface area contributed by atoms with Crippen LogP contribution in [0.15, 0.2) is 29.3 Å². The predicted molar refractivity (Wildman–Crippen MR) is 112 cm³/mol. The van der Waals surface area contributed by atoms with Crippen molar-refractivity contribution < 1.29 is 4.74 Å². The molecule has 0 bridgehead atoms. The first-order chi connectivity index (χ1) is 11.6. The number of thioether (sulfide) groups is 1. The first-order valence-corrected chi connectivity index (χ1v) is 10.3. The molecular weight excluding hydrogens is 359 g/mol. The summed E-state index contributed by atoms with van der Waals surface area (Å²) < 4.78 is 6.09. The number of hydrogen-bond acceptors (Lipinski definition) is 4. The highest BCUT2D eigenvalue weighted by Crippen LogP contribution is 2.21. The molecule has 24 heavy (non-hydrogen) atoms. The lowest BCUT2D eigenvalue weighted by Gasteiger charge is -2.32. The number of nitrogens with zero attached hydrogens (tertiary/aromatic N) is 2. The number of nitrogens with one attached hydrogen (secondary N) is 1. The number of likely N-dealkylation sites (N-methyl/N-ethyl adjacent to an activating group) is 1. The highest BCUT2D eigenvalue weighted by atomic mass is 32.2. The molecule has 2 unspecified atom stereocenters. The minimum atomic E-state index is 0.270. The molecule has 0 aromatic heterocycles. The number of hydrogen-bond donors (Lipinski definition) is 2. The summed E-state index contributed by atoms with van der Waals surface area (Å²) in [5.74, 6) is 0.885. The second-order valence-electron chi connectivity index (χ2n) is 5.49. The average Bonchev–Trinajstić information content (AvgIpc) is 2.57. The number of piperidine rings is 1.